The highest BCUT2D eigenvalue weighted by Crippen LogP contribution is 2.30. The molecule has 0 fully saturated rings. The van der Waals surface area contributed by atoms with Crippen molar-refractivity contribution >= 4 is 33.2 Å². The van der Waals surface area contributed by atoms with Crippen molar-refractivity contribution in [3.05, 3.63) is 80.8 Å². The first-order chi connectivity index (χ1) is 12.0. The number of nitrogens with zero attached hydrogens (tertiary/aromatic N) is 3. The number of nitrogens with one attached hydrogen (secondary N) is 1. The zero-order valence-electron chi connectivity index (χ0n) is 12.5. The first-order valence-corrected chi connectivity index (χ1v) is 7.80. The lowest BCUT2D eigenvalue weighted by Gasteiger charge is -2.10. The Hall–Kier alpha value is -3.07. The second kappa shape index (κ2) is 6.81. The van der Waals surface area contributed by atoms with E-state index in [1.54, 1.807) is 30.3 Å². The van der Waals surface area contributed by atoms with Gasteiger partial charge in [-0.15, -0.1) is 0 Å². The van der Waals surface area contributed by atoms with Gasteiger partial charge in [0.05, 0.1) is 16.6 Å². The van der Waals surface area contributed by atoms with Gasteiger partial charge in [0.2, 0.25) is 0 Å². The van der Waals surface area contributed by atoms with E-state index in [9.17, 15) is 19.3 Å². The van der Waals surface area contributed by atoms with Crippen LogP contribution >= 0.6 is 15.9 Å². The Morgan fingerprint density at radius 3 is 2.68 bits per heavy atom. The number of halogens is 2. The smallest absolute Gasteiger partial charge is 0.295 e. The molecule has 1 amide bonds. The molecule has 3 aromatic rings. The number of hydrogen-bond donors (Lipinski definition) is 1. The lowest BCUT2D eigenvalue weighted by atomic mass is 10.2. The Kier molecular flexibility index (Phi) is 4.57. The molecule has 0 aliphatic rings. The van der Waals surface area contributed by atoms with Crippen LogP contribution in [0, 0.1) is 15.9 Å². The molecule has 0 unspecified atom stereocenters. The van der Waals surface area contributed by atoms with Crippen molar-refractivity contribution in [3.8, 4) is 5.69 Å². The molecular formula is C16H10BrFN4O3. The molecule has 25 heavy (non-hydrogen) atoms. The van der Waals surface area contributed by atoms with Gasteiger partial charge in [0.1, 0.15) is 11.4 Å². The highest BCUT2D eigenvalue weighted by atomic mass is 79.9. The van der Waals surface area contributed by atoms with Gasteiger partial charge in [0.15, 0.2) is 5.82 Å². The normalized spacial score (nSPS) is 10.5. The second-order valence-corrected chi connectivity index (χ2v) is 5.82. The number of carbonyl (C=O) groups is 1. The molecule has 0 radical (unpaired) electrons. The maximum atomic E-state index is 14.2. The van der Waals surface area contributed by atoms with Crippen LogP contribution in [0.3, 0.4) is 0 Å². The molecule has 0 spiro atoms. The van der Waals surface area contributed by atoms with E-state index in [1.165, 1.54) is 23.1 Å². The summed E-state index contributed by atoms with van der Waals surface area (Å²) in [6, 6.07) is 10.1. The molecule has 0 atom stereocenters. The minimum atomic E-state index is -0.825. The SMILES string of the molecule is O=C(Nc1cc(-n2cccn2)c(F)cc1[N+](=O)[O-])c1ccccc1Br. The predicted octanol–water partition coefficient (Wildman–Crippen LogP) is 3.93. The van der Waals surface area contributed by atoms with Gasteiger partial charge >= 0.3 is 0 Å². The Labute approximate surface area is 149 Å². The molecule has 0 aliphatic heterocycles. The molecule has 2 aromatic carbocycles. The van der Waals surface area contributed by atoms with Crippen LogP contribution < -0.4 is 5.32 Å². The Balaban J connectivity index is 2.05. The fourth-order valence-electron chi connectivity index (χ4n) is 2.22. The fraction of sp³-hybridized carbons (Fsp3) is 0. The van der Waals surface area contributed by atoms with Crippen LogP contribution in [-0.2, 0) is 0 Å². The van der Waals surface area contributed by atoms with E-state index in [4.69, 9.17) is 0 Å². The summed E-state index contributed by atoms with van der Waals surface area (Å²) in [6.45, 7) is 0. The van der Waals surface area contributed by atoms with Crippen molar-refractivity contribution in [2.75, 3.05) is 5.32 Å². The summed E-state index contributed by atoms with van der Waals surface area (Å²) in [7, 11) is 0. The number of nitro benzene ring substituents is 1. The van der Waals surface area contributed by atoms with Crippen LogP contribution in [0.4, 0.5) is 15.8 Å². The Bertz CT molecular complexity index is 960. The third-order valence-corrected chi connectivity index (χ3v) is 4.07. The van der Waals surface area contributed by atoms with Gasteiger partial charge in [0, 0.05) is 16.9 Å². The van der Waals surface area contributed by atoms with Gasteiger partial charge in [-0.3, -0.25) is 14.9 Å². The Morgan fingerprint density at radius 1 is 1.28 bits per heavy atom. The minimum absolute atomic E-state index is 0.0157. The fourth-order valence-corrected chi connectivity index (χ4v) is 2.69. The standard InChI is InChI=1S/C16H10BrFN4O3/c17-11-5-2-1-4-10(11)16(23)20-13-9-14(21-7-3-6-19-21)12(18)8-15(13)22(24)25/h1-9H,(H,20,23). The van der Waals surface area contributed by atoms with Crippen LogP contribution in [0.5, 0.6) is 0 Å². The molecule has 9 heteroatoms. The number of nitro groups is 1. The van der Waals surface area contributed by atoms with Gasteiger partial charge in [-0.2, -0.15) is 5.10 Å². The molecular weight excluding hydrogens is 395 g/mol. The number of benzene rings is 2. The largest absolute Gasteiger partial charge is 0.316 e. The van der Waals surface area contributed by atoms with Crippen LogP contribution in [0.2, 0.25) is 0 Å². The number of aromatic nitrogens is 2. The van der Waals surface area contributed by atoms with Crippen molar-refractivity contribution in [3.63, 3.8) is 0 Å². The molecule has 0 aliphatic carbocycles. The molecule has 7 nitrogen and oxygen atoms in total. The van der Waals surface area contributed by atoms with Crippen molar-refractivity contribution in [1.29, 1.82) is 0 Å². The Morgan fingerprint density at radius 2 is 2.04 bits per heavy atom. The molecule has 1 aromatic heterocycles. The van der Waals surface area contributed by atoms with Gasteiger partial charge < -0.3 is 5.32 Å². The maximum absolute atomic E-state index is 14.2. The van der Waals surface area contributed by atoms with Gasteiger partial charge in [0.25, 0.3) is 11.6 Å². The lowest BCUT2D eigenvalue weighted by Crippen LogP contribution is -2.14. The second-order valence-electron chi connectivity index (χ2n) is 4.96. The summed E-state index contributed by atoms with van der Waals surface area (Å²) in [5.41, 5.74) is -0.397. The summed E-state index contributed by atoms with van der Waals surface area (Å²) in [6.07, 6.45) is 2.93. The van der Waals surface area contributed by atoms with Gasteiger partial charge in [-0.1, -0.05) is 12.1 Å². The molecule has 126 valence electrons. The van der Waals surface area contributed by atoms with Crippen LogP contribution in [-0.4, -0.2) is 20.6 Å². The van der Waals surface area contributed by atoms with E-state index in [1.807, 2.05) is 0 Å². The monoisotopic (exact) mass is 404 g/mol. The van der Waals surface area contributed by atoms with E-state index in [0.29, 0.717) is 10.0 Å². The lowest BCUT2D eigenvalue weighted by molar-refractivity contribution is -0.384. The van der Waals surface area contributed by atoms with Crippen LogP contribution in [0.25, 0.3) is 5.69 Å². The summed E-state index contributed by atoms with van der Waals surface area (Å²) < 4.78 is 15.9. The third-order valence-electron chi connectivity index (χ3n) is 3.38. The quantitative estimate of drug-likeness (QED) is 0.526. The number of hydrogen-bond acceptors (Lipinski definition) is 4. The topological polar surface area (TPSA) is 90.1 Å². The number of amides is 1. The summed E-state index contributed by atoms with van der Waals surface area (Å²) in [5.74, 6) is -1.39. The predicted molar refractivity (Wildman–Crippen MR) is 92.3 cm³/mol. The minimum Gasteiger partial charge on any atom is -0.316 e. The number of rotatable bonds is 4. The van der Waals surface area contributed by atoms with Crippen molar-refractivity contribution in [1.82, 2.24) is 9.78 Å². The third kappa shape index (κ3) is 3.41. The first kappa shape index (κ1) is 16.8. The average molecular weight is 405 g/mol. The van der Waals surface area contributed by atoms with Crippen molar-refractivity contribution in [2.24, 2.45) is 0 Å². The molecule has 0 saturated heterocycles. The maximum Gasteiger partial charge on any atom is 0.295 e. The zero-order chi connectivity index (χ0) is 18.0. The molecule has 3 rings (SSSR count). The molecule has 0 saturated carbocycles. The summed E-state index contributed by atoms with van der Waals surface area (Å²) >= 11 is 3.25. The average Bonchev–Trinajstić information content (AvgIpc) is 3.10. The van der Waals surface area contributed by atoms with E-state index in [0.717, 1.165) is 6.07 Å². The summed E-state index contributed by atoms with van der Waals surface area (Å²) in [5, 5.41) is 17.6. The molecule has 0 bridgehead atoms. The molecule has 1 N–H and O–H groups in total. The van der Waals surface area contributed by atoms with Crippen molar-refractivity contribution < 1.29 is 14.1 Å². The highest BCUT2D eigenvalue weighted by Gasteiger charge is 2.22. The van der Waals surface area contributed by atoms with E-state index < -0.39 is 22.3 Å². The first-order valence-electron chi connectivity index (χ1n) is 7.01. The summed E-state index contributed by atoms with van der Waals surface area (Å²) in [4.78, 5) is 22.9. The van der Waals surface area contributed by atoms with E-state index in [2.05, 4.69) is 26.3 Å². The number of carbonyl (C=O) groups excluding carboxylic acids is 1. The highest BCUT2D eigenvalue weighted by molar-refractivity contribution is 9.10. The number of anilines is 1. The molecule has 1 heterocycles. The van der Waals surface area contributed by atoms with E-state index in [-0.39, 0.29) is 11.4 Å². The van der Waals surface area contributed by atoms with Gasteiger partial charge in [-0.05, 0) is 40.2 Å². The van der Waals surface area contributed by atoms with Gasteiger partial charge in [-0.25, -0.2) is 9.07 Å². The van der Waals surface area contributed by atoms with Crippen molar-refractivity contribution in [2.45, 2.75) is 0 Å². The van der Waals surface area contributed by atoms with E-state index >= 15 is 0 Å². The zero-order valence-corrected chi connectivity index (χ0v) is 14.1. The van der Waals surface area contributed by atoms with Crippen LogP contribution in [0.1, 0.15) is 10.4 Å². The van der Waals surface area contributed by atoms with Crippen LogP contribution in [0.15, 0.2) is 59.3 Å².